The van der Waals surface area contributed by atoms with Gasteiger partial charge in [0.1, 0.15) is 10.6 Å². The van der Waals surface area contributed by atoms with Crippen molar-refractivity contribution in [1.82, 2.24) is 4.90 Å². The molecule has 3 rings (SSSR count). The fourth-order valence-corrected chi connectivity index (χ4v) is 7.44. The summed E-state index contributed by atoms with van der Waals surface area (Å²) < 4.78 is 134. The average Bonchev–Trinajstić information content (AvgIpc) is 3.37. The van der Waals surface area contributed by atoms with Crippen LogP contribution in [-0.2, 0) is 25.0 Å². The van der Waals surface area contributed by atoms with E-state index in [1.165, 1.54) is 4.90 Å². The van der Waals surface area contributed by atoms with Crippen LogP contribution in [0.2, 0.25) is 0 Å². The minimum atomic E-state index is -6.34. The highest BCUT2D eigenvalue weighted by Crippen LogP contribution is 2.54. The second-order valence-electron chi connectivity index (χ2n) is 10.3. The molecule has 0 aliphatic carbocycles. The standard InChI is InChI=1S/C28H31F8NO3S/c1-3-5-7-19(6-4-2)24(38)37-17-16-25(18-37,41(39,40)23-14-12-22(29)13-15-23)20-8-10-21(11-9-20)26(30,27(31,32)33)28(34,35)36/h8-15,19H,3-7,16-18H2,1-2H3/t19?,25-/m0/s1. The first kappa shape index (κ1) is 32.8. The minimum absolute atomic E-state index is 0.0501. The van der Waals surface area contributed by atoms with Crippen LogP contribution < -0.4 is 0 Å². The Morgan fingerprint density at radius 2 is 1.44 bits per heavy atom. The van der Waals surface area contributed by atoms with Gasteiger partial charge >= 0.3 is 18.0 Å². The van der Waals surface area contributed by atoms with Crippen molar-refractivity contribution in [3.05, 3.63) is 65.5 Å². The van der Waals surface area contributed by atoms with Gasteiger partial charge in [0.25, 0.3) is 0 Å². The molecule has 1 aliphatic rings. The Balaban J connectivity index is 2.13. The third-order valence-electron chi connectivity index (χ3n) is 7.66. The van der Waals surface area contributed by atoms with Gasteiger partial charge in [-0.1, -0.05) is 57.4 Å². The third-order valence-corrected chi connectivity index (χ3v) is 10.2. The highest BCUT2D eigenvalue weighted by Gasteiger charge is 2.73. The SMILES string of the molecule is CCCCC(CCC)C(=O)N1CC[C@](c2ccc(C(F)(C(F)(F)F)C(F)(F)F)cc2)(S(=O)(=O)c2ccc(F)cc2)C1. The molecule has 0 saturated carbocycles. The van der Waals surface area contributed by atoms with E-state index in [4.69, 9.17) is 0 Å². The number of amides is 1. The van der Waals surface area contributed by atoms with E-state index < -0.39 is 56.4 Å². The zero-order valence-electron chi connectivity index (χ0n) is 22.5. The molecule has 1 heterocycles. The van der Waals surface area contributed by atoms with Gasteiger partial charge < -0.3 is 4.90 Å². The molecule has 0 aromatic heterocycles. The number of alkyl halides is 7. The third kappa shape index (κ3) is 5.96. The Labute approximate surface area is 233 Å². The lowest BCUT2D eigenvalue weighted by Crippen LogP contribution is -2.50. The average molecular weight is 614 g/mol. The summed E-state index contributed by atoms with van der Waals surface area (Å²) in [5, 5.41) is 0. The number of hydrogen-bond donors (Lipinski definition) is 0. The predicted octanol–water partition coefficient (Wildman–Crippen LogP) is 7.62. The molecule has 4 nitrogen and oxygen atoms in total. The van der Waals surface area contributed by atoms with Crippen molar-refractivity contribution in [2.24, 2.45) is 5.92 Å². The van der Waals surface area contributed by atoms with E-state index in [0.717, 1.165) is 49.2 Å². The largest absolute Gasteiger partial charge is 0.435 e. The quantitative estimate of drug-likeness (QED) is 0.205. The molecule has 1 amide bonds. The van der Waals surface area contributed by atoms with Crippen LogP contribution in [0.4, 0.5) is 35.1 Å². The van der Waals surface area contributed by atoms with Crippen molar-refractivity contribution in [3.63, 3.8) is 0 Å². The molecule has 0 radical (unpaired) electrons. The van der Waals surface area contributed by atoms with E-state index >= 15 is 0 Å². The molecule has 13 heteroatoms. The summed E-state index contributed by atoms with van der Waals surface area (Å²) in [6.07, 6.45) is -9.51. The number of carbonyl (C=O) groups is 1. The van der Waals surface area contributed by atoms with Crippen molar-refractivity contribution in [2.75, 3.05) is 13.1 Å². The highest BCUT2D eigenvalue weighted by molar-refractivity contribution is 7.92. The Kier molecular flexibility index (Phi) is 9.51. The van der Waals surface area contributed by atoms with Gasteiger partial charge in [-0.15, -0.1) is 0 Å². The van der Waals surface area contributed by atoms with Crippen LogP contribution in [0.25, 0.3) is 0 Å². The summed E-state index contributed by atoms with van der Waals surface area (Å²) in [4.78, 5) is 14.5. The van der Waals surface area contributed by atoms with Crippen molar-refractivity contribution < 1.29 is 48.3 Å². The maximum Gasteiger partial charge on any atom is 0.435 e. The van der Waals surface area contributed by atoms with Gasteiger partial charge in [-0.05, 0) is 49.1 Å². The molecular formula is C28H31F8NO3S. The lowest BCUT2D eigenvalue weighted by molar-refractivity contribution is -0.348. The number of carbonyl (C=O) groups excluding carboxylic acids is 1. The number of unbranched alkanes of at least 4 members (excludes halogenated alkanes) is 1. The van der Waals surface area contributed by atoms with Crippen molar-refractivity contribution >= 4 is 15.7 Å². The van der Waals surface area contributed by atoms with E-state index in [9.17, 15) is 48.3 Å². The Hall–Kier alpha value is -2.70. The molecule has 1 aliphatic heterocycles. The molecule has 2 aromatic carbocycles. The van der Waals surface area contributed by atoms with Crippen LogP contribution in [-0.4, -0.2) is 44.7 Å². The van der Waals surface area contributed by atoms with Gasteiger partial charge in [-0.25, -0.2) is 17.2 Å². The number of likely N-dealkylation sites (tertiary alicyclic amines) is 1. The maximum atomic E-state index is 14.7. The van der Waals surface area contributed by atoms with Gasteiger partial charge in [0.05, 0.1) is 4.90 Å². The molecular weight excluding hydrogens is 582 g/mol. The maximum absolute atomic E-state index is 14.7. The van der Waals surface area contributed by atoms with Crippen LogP contribution in [0.1, 0.15) is 63.5 Å². The van der Waals surface area contributed by atoms with Crippen LogP contribution in [0.5, 0.6) is 0 Å². The molecule has 41 heavy (non-hydrogen) atoms. The van der Waals surface area contributed by atoms with Gasteiger partial charge in [-0.3, -0.25) is 4.79 Å². The second kappa shape index (κ2) is 11.9. The number of nitrogens with zero attached hydrogens (tertiary/aromatic N) is 1. The van der Waals surface area contributed by atoms with Crippen LogP contribution in [0.3, 0.4) is 0 Å². The topological polar surface area (TPSA) is 54.5 Å². The lowest BCUT2D eigenvalue weighted by Gasteiger charge is -2.33. The molecule has 2 aromatic rings. The van der Waals surface area contributed by atoms with Crippen LogP contribution in [0, 0.1) is 11.7 Å². The molecule has 0 N–H and O–H groups in total. The zero-order valence-corrected chi connectivity index (χ0v) is 23.3. The number of rotatable bonds is 10. The van der Waals surface area contributed by atoms with Gasteiger partial charge in [-0.2, -0.15) is 26.3 Å². The van der Waals surface area contributed by atoms with Crippen molar-refractivity contribution in [2.45, 2.75) is 80.0 Å². The smallest absolute Gasteiger partial charge is 0.340 e. The number of hydrogen-bond acceptors (Lipinski definition) is 3. The minimum Gasteiger partial charge on any atom is -0.340 e. The van der Waals surface area contributed by atoms with E-state index in [0.29, 0.717) is 19.3 Å². The van der Waals surface area contributed by atoms with Crippen LogP contribution >= 0.6 is 0 Å². The number of sulfone groups is 1. The summed E-state index contributed by atoms with van der Waals surface area (Å²) in [5.41, 5.74) is -7.66. The summed E-state index contributed by atoms with van der Waals surface area (Å²) >= 11 is 0. The summed E-state index contributed by atoms with van der Waals surface area (Å²) in [5.74, 6) is -1.43. The fraction of sp³-hybridized carbons (Fsp3) is 0.536. The first-order valence-electron chi connectivity index (χ1n) is 13.2. The van der Waals surface area contributed by atoms with E-state index in [1.807, 2.05) is 13.8 Å². The summed E-state index contributed by atoms with van der Waals surface area (Å²) in [7, 11) is -4.50. The molecule has 0 bridgehead atoms. The monoisotopic (exact) mass is 613 g/mol. The molecule has 0 spiro atoms. The Morgan fingerprint density at radius 1 is 0.878 bits per heavy atom. The molecule has 228 valence electrons. The Morgan fingerprint density at radius 3 is 1.93 bits per heavy atom. The summed E-state index contributed by atoms with van der Waals surface area (Å²) in [6, 6.07) is 5.75. The first-order valence-corrected chi connectivity index (χ1v) is 14.7. The lowest BCUT2D eigenvalue weighted by atomic mass is 9.90. The molecule has 1 fully saturated rings. The van der Waals surface area contributed by atoms with Gasteiger partial charge in [0.2, 0.25) is 5.91 Å². The van der Waals surface area contributed by atoms with Gasteiger partial charge in [0.15, 0.2) is 9.84 Å². The fourth-order valence-electron chi connectivity index (χ4n) is 5.36. The first-order chi connectivity index (χ1) is 19.0. The van der Waals surface area contributed by atoms with Crippen molar-refractivity contribution in [1.29, 1.82) is 0 Å². The van der Waals surface area contributed by atoms with E-state index in [-0.39, 0.29) is 41.5 Å². The van der Waals surface area contributed by atoms with Gasteiger partial charge in [0, 0.05) is 24.6 Å². The normalized spacial score (nSPS) is 19.4. The molecule has 1 unspecified atom stereocenters. The highest BCUT2D eigenvalue weighted by atomic mass is 32.2. The molecule has 1 saturated heterocycles. The van der Waals surface area contributed by atoms with E-state index in [2.05, 4.69) is 0 Å². The van der Waals surface area contributed by atoms with Crippen LogP contribution in [0.15, 0.2) is 53.4 Å². The number of benzene rings is 2. The number of halogens is 8. The summed E-state index contributed by atoms with van der Waals surface area (Å²) in [6.45, 7) is 3.37. The zero-order chi connectivity index (χ0) is 30.9. The second-order valence-corrected chi connectivity index (χ2v) is 12.6. The van der Waals surface area contributed by atoms with Crippen molar-refractivity contribution in [3.8, 4) is 0 Å². The Bertz CT molecular complexity index is 1290. The van der Waals surface area contributed by atoms with E-state index in [1.54, 1.807) is 0 Å². The predicted molar refractivity (Wildman–Crippen MR) is 136 cm³/mol. The molecule has 2 atom stereocenters.